The van der Waals surface area contributed by atoms with Crippen LogP contribution in [-0.2, 0) is 0 Å². The van der Waals surface area contributed by atoms with E-state index in [1.807, 2.05) is 31.2 Å². The van der Waals surface area contributed by atoms with Crippen molar-refractivity contribution < 1.29 is 4.79 Å². The van der Waals surface area contributed by atoms with Gasteiger partial charge >= 0.3 is 0 Å². The van der Waals surface area contributed by atoms with E-state index in [1.54, 1.807) is 31.3 Å². The van der Waals surface area contributed by atoms with Gasteiger partial charge in [-0.15, -0.1) is 5.10 Å². The molecule has 150 valence electrons. The van der Waals surface area contributed by atoms with Crippen LogP contribution in [0.3, 0.4) is 0 Å². The first-order valence-corrected chi connectivity index (χ1v) is 9.83. The standard InChI is InChI=1S/C20H18N8OS/c1-12-7-8-21-16(9-12)26-18-10-17(22-11-23-18)24-14-3-5-15(6-4-14)25-20(29)19-13(2)27-28-30-19/h3-11H,1-2H3,(H,25,29)(H2,21,22,23,24,26). The van der Waals surface area contributed by atoms with Crippen molar-refractivity contribution in [2.75, 3.05) is 16.0 Å². The summed E-state index contributed by atoms with van der Waals surface area (Å²) in [4.78, 5) is 25.5. The number of nitrogens with one attached hydrogen (secondary N) is 3. The van der Waals surface area contributed by atoms with E-state index in [-0.39, 0.29) is 5.91 Å². The molecule has 0 unspecified atom stereocenters. The lowest BCUT2D eigenvalue weighted by Crippen LogP contribution is -2.11. The van der Waals surface area contributed by atoms with Crippen molar-refractivity contribution in [3.8, 4) is 0 Å². The number of anilines is 5. The molecular formula is C20H18N8OS. The van der Waals surface area contributed by atoms with E-state index >= 15 is 0 Å². The van der Waals surface area contributed by atoms with Crippen molar-refractivity contribution in [2.45, 2.75) is 13.8 Å². The number of nitrogens with zero attached hydrogens (tertiary/aromatic N) is 5. The molecule has 0 aliphatic carbocycles. The van der Waals surface area contributed by atoms with Crippen LogP contribution in [0.15, 0.2) is 55.0 Å². The first kappa shape index (κ1) is 19.4. The molecule has 0 saturated heterocycles. The maximum atomic E-state index is 12.3. The third-order valence-electron chi connectivity index (χ3n) is 4.11. The minimum atomic E-state index is -0.223. The molecule has 0 radical (unpaired) electrons. The summed E-state index contributed by atoms with van der Waals surface area (Å²) in [6, 6.07) is 13.0. The summed E-state index contributed by atoms with van der Waals surface area (Å²) in [5.41, 5.74) is 3.22. The smallest absolute Gasteiger partial charge is 0.269 e. The van der Waals surface area contributed by atoms with Crippen LogP contribution in [0.5, 0.6) is 0 Å². The fourth-order valence-corrected chi connectivity index (χ4v) is 3.19. The molecule has 0 saturated carbocycles. The average molecular weight is 418 g/mol. The Morgan fingerprint density at radius 2 is 1.57 bits per heavy atom. The Morgan fingerprint density at radius 3 is 2.27 bits per heavy atom. The van der Waals surface area contributed by atoms with E-state index in [2.05, 4.69) is 40.5 Å². The summed E-state index contributed by atoms with van der Waals surface area (Å²) in [7, 11) is 0. The summed E-state index contributed by atoms with van der Waals surface area (Å²) >= 11 is 1.07. The average Bonchev–Trinajstić information content (AvgIpc) is 3.16. The normalized spacial score (nSPS) is 10.5. The van der Waals surface area contributed by atoms with Gasteiger partial charge in [0.15, 0.2) is 0 Å². The Balaban J connectivity index is 1.41. The second-order valence-electron chi connectivity index (χ2n) is 6.48. The lowest BCUT2D eigenvalue weighted by molar-refractivity contribution is 0.103. The monoisotopic (exact) mass is 418 g/mol. The predicted octanol–water partition coefficient (Wildman–Crippen LogP) is 4.08. The van der Waals surface area contributed by atoms with Gasteiger partial charge < -0.3 is 16.0 Å². The molecule has 4 aromatic rings. The van der Waals surface area contributed by atoms with Crippen LogP contribution in [0, 0.1) is 13.8 Å². The number of carbonyl (C=O) groups is 1. The summed E-state index contributed by atoms with van der Waals surface area (Å²) in [6.07, 6.45) is 3.21. The van der Waals surface area contributed by atoms with Crippen molar-refractivity contribution in [3.05, 3.63) is 71.1 Å². The number of benzene rings is 1. The Kier molecular flexibility index (Phi) is 5.57. The lowest BCUT2D eigenvalue weighted by Gasteiger charge is -2.09. The number of hydrogen-bond donors (Lipinski definition) is 3. The topological polar surface area (TPSA) is 118 Å². The van der Waals surface area contributed by atoms with E-state index in [4.69, 9.17) is 0 Å². The molecule has 0 bridgehead atoms. The predicted molar refractivity (Wildman–Crippen MR) is 117 cm³/mol. The molecule has 30 heavy (non-hydrogen) atoms. The SMILES string of the molecule is Cc1ccnc(Nc2cc(Nc3ccc(NC(=O)c4snnc4C)cc3)ncn2)c1. The number of rotatable bonds is 6. The molecule has 9 nitrogen and oxygen atoms in total. The Labute approximate surface area is 176 Å². The van der Waals surface area contributed by atoms with Crippen molar-refractivity contribution >= 4 is 46.3 Å². The van der Waals surface area contributed by atoms with Gasteiger partial charge in [-0.1, -0.05) is 4.49 Å². The zero-order chi connectivity index (χ0) is 20.9. The molecule has 0 aliphatic rings. The van der Waals surface area contributed by atoms with Crippen molar-refractivity contribution in [3.63, 3.8) is 0 Å². The van der Waals surface area contributed by atoms with Crippen molar-refractivity contribution in [2.24, 2.45) is 0 Å². The van der Waals surface area contributed by atoms with Crippen LogP contribution in [-0.4, -0.2) is 30.4 Å². The lowest BCUT2D eigenvalue weighted by atomic mass is 10.2. The fraction of sp³-hybridized carbons (Fsp3) is 0.100. The summed E-state index contributed by atoms with van der Waals surface area (Å²) in [5.74, 6) is 1.75. The number of aromatic nitrogens is 5. The van der Waals surface area contributed by atoms with Gasteiger partial charge in [0.05, 0.1) is 5.69 Å². The maximum absolute atomic E-state index is 12.3. The van der Waals surface area contributed by atoms with Gasteiger partial charge in [-0.25, -0.2) is 15.0 Å². The Hall–Kier alpha value is -3.92. The highest BCUT2D eigenvalue weighted by molar-refractivity contribution is 7.08. The van der Waals surface area contributed by atoms with Crippen LogP contribution in [0.25, 0.3) is 0 Å². The third kappa shape index (κ3) is 4.73. The molecule has 1 amide bonds. The van der Waals surface area contributed by atoms with Crippen molar-refractivity contribution in [1.82, 2.24) is 24.5 Å². The Morgan fingerprint density at radius 1 is 0.867 bits per heavy atom. The minimum Gasteiger partial charge on any atom is -0.340 e. The van der Waals surface area contributed by atoms with Gasteiger partial charge in [0.2, 0.25) is 0 Å². The first-order valence-electron chi connectivity index (χ1n) is 9.06. The van der Waals surface area contributed by atoms with Gasteiger partial charge in [-0.3, -0.25) is 4.79 Å². The molecule has 0 aliphatic heterocycles. The van der Waals surface area contributed by atoms with Crippen LogP contribution < -0.4 is 16.0 Å². The molecule has 0 fully saturated rings. The molecule has 0 spiro atoms. The van der Waals surface area contributed by atoms with Gasteiger partial charge in [0, 0.05) is 23.6 Å². The van der Waals surface area contributed by atoms with Gasteiger partial charge in [0.1, 0.15) is 28.7 Å². The van der Waals surface area contributed by atoms with Crippen LogP contribution in [0.1, 0.15) is 20.9 Å². The maximum Gasteiger partial charge on any atom is 0.269 e. The van der Waals surface area contributed by atoms with Crippen molar-refractivity contribution in [1.29, 1.82) is 0 Å². The van der Waals surface area contributed by atoms with E-state index < -0.39 is 0 Å². The molecule has 1 aromatic carbocycles. The molecule has 10 heteroatoms. The number of aryl methyl sites for hydroxylation is 2. The zero-order valence-corrected chi connectivity index (χ0v) is 17.1. The van der Waals surface area contributed by atoms with Crippen LogP contribution >= 0.6 is 11.5 Å². The number of hydrogen-bond acceptors (Lipinski definition) is 9. The third-order valence-corrected chi connectivity index (χ3v) is 4.94. The second kappa shape index (κ2) is 8.62. The van der Waals surface area contributed by atoms with Crippen LogP contribution in [0.2, 0.25) is 0 Å². The fourth-order valence-electron chi connectivity index (χ4n) is 2.64. The minimum absolute atomic E-state index is 0.223. The molecule has 3 heterocycles. The van der Waals surface area contributed by atoms with E-state index in [0.29, 0.717) is 33.7 Å². The highest BCUT2D eigenvalue weighted by atomic mass is 32.1. The number of pyridine rings is 1. The quantitative estimate of drug-likeness (QED) is 0.429. The van der Waals surface area contributed by atoms with Gasteiger partial charge in [0.25, 0.3) is 5.91 Å². The largest absolute Gasteiger partial charge is 0.340 e. The molecule has 3 aromatic heterocycles. The molecule has 4 rings (SSSR count). The van der Waals surface area contributed by atoms with E-state index in [0.717, 1.165) is 22.8 Å². The van der Waals surface area contributed by atoms with Crippen LogP contribution in [0.4, 0.5) is 28.8 Å². The van der Waals surface area contributed by atoms with Gasteiger partial charge in [-0.2, -0.15) is 0 Å². The molecule has 3 N–H and O–H groups in total. The first-order chi connectivity index (χ1) is 14.6. The highest BCUT2D eigenvalue weighted by Gasteiger charge is 2.13. The summed E-state index contributed by atoms with van der Waals surface area (Å²) in [6.45, 7) is 3.76. The zero-order valence-electron chi connectivity index (χ0n) is 16.2. The second-order valence-corrected chi connectivity index (χ2v) is 7.23. The van der Waals surface area contributed by atoms with E-state index in [9.17, 15) is 4.79 Å². The highest BCUT2D eigenvalue weighted by Crippen LogP contribution is 2.21. The summed E-state index contributed by atoms with van der Waals surface area (Å²) in [5, 5.41) is 13.1. The van der Waals surface area contributed by atoms with Gasteiger partial charge in [-0.05, 0) is 67.3 Å². The molecular weight excluding hydrogens is 400 g/mol. The van der Waals surface area contributed by atoms with E-state index in [1.165, 1.54) is 6.33 Å². The number of carbonyl (C=O) groups excluding carboxylic acids is 1. The number of amides is 1. The molecule has 0 atom stereocenters. The Bertz CT molecular complexity index is 1180. The summed E-state index contributed by atoms with van der Waals surface area (Å²) < 4.78 is 3.78.